The zero-order valence-electron chi connectivity index (χ0n) is 17.6. The number of aliphatic carboxylic acids is 1. The molecule has 1 saturated heterocycles. The summed E-state index contributed by atoms with van der Waals surface area (Å²) in [6, 6.07) is -0.789. The zero-order chi connectivity index (χ0) is 23.0. The second-order valence-corrected chi connectivity index (χ2v) is 8.72. The van der Waals surface area contributed by atoms with Crippen molar-refractivity contribution in [2.75, 3.05) is 25.4 Å². The fourth-order valence-electron chi connectivity index (χ4n) is 4.42. The number of nitrogens with two attached hydrogens (primary N) is 3. The van der Waals surface area contributed by atoms with E-state index in [1.165, 1.54) is 17.2 Å². The molecule has 13 heteroatoms. The van der Waals surface area contributed by atoms with Crippen LogP contribution in [0.5, 0.6) is 0 Å². The Bertz CT molecular complexity index is 951. The van der Waals surface area contributed by atoms with E-state index in [9.17, 15) is 15.0 Å². The van der Waals surface area contributed by atoms with Crippen LogP contribution in [0.4, 0.5) is 5.82 Å². The van der Waals surface area contributed by atoms with Crippen LogP contribution in [0.25, 0.3) is 11.2 Å². The van der Waals surface area contributed by atoms with Crippen molar-refractivity contribution in [1.29, 1.82) is 0 Å². The average molecular weight is 451 g/mol. The van der Waals surface area contributed by atoms with Crippen LogP contribution in [0.2, 0.25) is 0 Å². The molecule has 0 amide bonds. The summed E-state index contributed by atoms with van der Waals surface area (Å²) in [6.45, 7) is 1.41. The molecule has 4 rings (SSSR count). The van der Waals surface area contributed by atoms with Crippen molar-refractivity contribution < 1.29 is 24.9 Å². The van der Waals surface area contributed by atoms with Crippen molar-refractivity contribution in [3.63, 3.8) is 0 Å². The molecule has 1 aliphatic heterocycles. The maximum absolute atomic E-state index is 11.1. The first-order valence-corrected chi connectivity index (χ1v) is 10.7. The van der Waals surface area contributed by atoms with Crippen LogP contribution in [-0.2, 0) is 9.53 Å². The van der Waals surface area contributed by atoms with E-state index in [0.717, 1.165) is 12.8 Å². The number of carbonyl (C=O) groups is 1. The summed E-state index contributed by atoms with van der Waals surface area (Å²) in [6.07, 6.45) is 0.790. The minimum atomic E-state index is -1.21. The number of carboxylic acids is 1. The van der Waals surface area contributed by atoms with Gasteiger partial charge in [-0.15, -0.1) is 0 Å². The van der Waals surface area contributed by atoms with Crippen LogP contribution >= 0.6 is 0 Å². The van der Waals surface area contributed by atoms with Crippen LogP contribution < -0.4 is 17.2 Å². The Labute approximate surface area is 184 Å². The topological polar surface area (TPSA) is 212 Å². The molecule has 32 heavy (non-hydrogen) atoms. The van der Waals surface area contributed by atoms with Crippen molar-refractivity contribution in [2.24, 2.45) is 17.4 Å². The average Bonchev–Trinajstić information content (AvgIpc) is 3.27. The van der Waals surface area contributed by atoms with E-state index in [1.807, 2.05) is 4.90 Å². The Balaban J connectivity index is 1.46. The van der Waals surface area contributed by atoms with Gasteiger partial charge in [0.25, 0.3) is 0 Å². The second kappa shape index (κ2) is 9.21. The molecule has 3 heterocycles. The molecule has 176 valence electrons. The zero-order valence-corrected chi connectivity index (χ0v) is 17.6. The van der Waals surface area contributed by atoms with Crippen LogP contribution in [0.15, 0.2) is 12.7 Å². The van der Waals surface area contributed by atoms with E-state index in [2.05, 4.69) is 15.0 Å². The fraction of sp³-hybridized carbons (Fsp3) is 0.684. The van der Waals surface area contributed by atoms with Gasteiger partial charge in [-0.25, -0.2) is 15.0 Å². The number of ether oxygens (including phenoxy) is 1. The smallest absolute Gasteiger partial charge is 0.320 e. The Morgan fingerprint density at radius 2 is 2.00 bits per heavy atom. The molecule has 0 radical (unpaired) electrons. The molecule has 0 aromatic carbocycles. The van der Waals surface area contributed by atoms with E-state index in [0.29, 0.717) is 36.7 Å². The Kier molecular flexibility index (Phi) is 6.55. The van der Waals surface area contributed by atoms with Gasteiger partial charge >= 0.3 is 5.97 Å². The van der Waals surface area contributed by atoms with Crippen LogP contribution in [-0.4, -0.2) is 95.7 Å². The monoisotopic (exact) mass is 450 g/mol. The van der Waals surface area contributed by atoms with E-state index in [4.69, 9.17) is 27.0 Å². The summed E-state index contributed by atoms with van der Waals surface area (Å²) < 4.78 is 7.55. The first kappa shape index (κ1) is 22.8. The van der Waals surface area contributed by atoms with Crippen LogP contribution in [0, 0.1) is 5.92 Å². The number of carboxylic acid groups (broad SMARTS) is 1. The summed E-state index contributed by atoms with van der Waals surface area (Å²) in [7, 11) is 0. The lowest BCUT2D eigenvalue weighted by Gasteiger charge is -2.37. The third kappa shape index (κ3) is 4.53. The van der Waals surface area contributed by atoms with Gasteiger partial charge in [0.1, 0.15) is 36.2 Å². The van der Waals surface area contributed by atoms with Gasteiger partial charge in [-0.1, -0.05) is 0 Å². The van der Waals surface area contributed by atoms with E-state index >= 15 is 0 Å². The predicted octanol–water partition coefficient (Wildman–Crippen LogP) is -2.13. The van der Waals surface area contributed by atoms with Crippen LogP contribution in [0.3, 0.4) is 0 Å². The van der Waals surface area contributed by atoms with E-state index < -0.39 is 36.6 Å². The number of rotatable bonds is 9. The number of anilines is 1. The van der Waals surface area contributed by atoms with Crippen molar-refractivity contribution in [3.8, 4) is 0 Å². The molecule has 0 bridgehead atoms. The Morgan fingerprint density at radius 3 is 2.69 bits per heavy atom. The molecule has 5 atom stereocenters. The number of nitrogens with zero attached hydrogens (tertiary/aromatic N) is 5. The largest absolute Gasteiger partial charge is 0.480 e. The van der Waals surface area contributed by atoms with Crippen LogP contribution in [0.1, 0.15) is 25.5 Å². The molecule has 0 unspecified atom stereocenters. The Hall–Kier alpha value is -2.42. The maximum atomic E-state index is 11.1. The minimum Gasteiger partial charge on any atom is -0.480 e. The molecule has 2 fully saturated rings. The number of imidazole rings is 1. The lowest BCUT2D eigenvalue weighted by Crippen LogP contribution is -2.47. The summed E-state index contributed by atoms with van der Waals surface area (Å²) in [5.41, 5.74) is 18.2. The highest BCUT2D eigenvalue weighted by Gasteiger charge is 2.45. The van der Waals surface area contributed by atoms with Gasteiger partial charge in [0.2, 0.25) is 0 Å². The molecule has 9 N–H and O–H groups in total. The standard InChI is InChI=1S/C19H30N8O5/c20-10-3-9(4-10)5-26(2-1-11(21)19(30)31)6-12-14(28)15(29)18(32-12)27-8-25-13-16(22)23-7-24-17(13)27/h7-12,14-15,18,28-29H,1-6,20-21H2,(H,30,31)(H2,22,23,24)/t9?,10?,11-,12+,14+,15+,18+/m0/s1. The fourth-order valence-corrected chi connectivity index (χ4v) is 4.42. The highest BCUT2D eigenvalue weighted by molar-refractivity contribution is 5.81. The van der Waals surface area contributed by atoms with Gasteiger partial charge in [0, 0.05) is 25.7 Å². The molecule has 2 aliphatic rings. The molecular formula is C19H30N8O5. The molecule has 13 nitrogen and oxygen atoms in total. The van der Waals surface area contributed by atoms with Crippen molar-refractivity contribution >= 4 is 23.0 Å². The van der Waals surface area contributed by atoms with Crippen molar-refractivity contribution in [3.05, 3.63) is 12.7 Å². The summed E-state index contributed by atoms with van der Waals surface area (Å²) >= 11 is 0. The van der Waals surface area contributed by atoms with Crippen molar-refractivity contribution in [1.82, 2.24) is 24.4 Å². The summed E-state index contributed by atoms with van der Waals surface area (Å²) in [4.78, 5) is 25.4. The summed E-state index contributed by atoms with van der Waals surface area (Å²) in [5, 5.41) is 30.4. The number of fused-ring (bicyclic) bond motifs is 1. The molecule has 2 aromatic heterocycles. The highest BCUT2D eigenvalue weighted by atomic mass is 16.6. The number of aliphatic hydroxyl groups excluding tert-OH is 2. The lowest BCUT2D eigenvalue weighted by atomic mass is 9.80. The number of aromatic nitrogens is 4. The van der Waals surface area contributed by atoms with Crippen molar-refractivity contribution in [2.45, 2.75) is 55.9 Å². The van der Waals surface area contributed by atoms with E-state index in [-0.39, 0.29) is 18.3 Å². The third-order valence-electron chi connectivity index (χ3n) is 6.30. The number of nitrogen functional groups attached to an aromatic ring is 1. The van der Waals surface area contributed by atoms with E-state index in [1.54, 1.807) is 0 Å². The third-order valence-corrected chi connectivity index (χ3v) is 6.30. The molecule has 1 saturated carbocycles. The predicted molar refractivity (Wildman–Crippen MR) is 113 cm³/mol. The summed E-state index contributed by atoms with van der Waals surface area (Å²) in [5.74, 6) is -0.461. The van der Waals surface area contributed by atoms with Gasteiger partial charge in [-0.05, 0) is 25.2 Å². The maximum Gasteiger partial charge on any atom is 0.320 e. The van der Waals surface area contributed by atoms with Gasteiger partial charge in [-0.3, -0.25) is 9.36 Å². The quantitative estimate of drug-likeness (QED) is 0.242. The van der Waals surface area contributed by atoms with Gasteiger partial charge in [0.15, 0.2) is 17.7 Å². The molecule has 1 aliphatic carbocycles. The Morgan fingerprint density at radius 1 is 1.25 bits per heavy atom. The molecule has 2 aromatic rings. The molecule has 0 spiro atoms. The molecular weight excluding hydrogens is 420 g/mol. The first-order valence-electron chi connectivity index (χ1n) is 10.7. The SMILES string of the molecule is Nc1ncnc2c1ncn2[C@@H]1O[C@H](CN(CC[C@H](N)C(=O)O)CC2CC(N)C2)[C@@H](O)[C@H]1O. The van der Waals surface area contributed by atoms with Gasteiger partial charge in [0.05, 0.1) is 6.33 Å². The van der Waals surface area contributed by atoms with Gasteiger partial charge in [-0.2, -0.15) is 0 Å². The normalized spacial score (nSPS) is 31.2. The second-order valence-electron chi connectivity index (χ2n) is 8.72. The number of hydrogen-bond donors (Lipinski definition) is 6. The minimum absolute atomic E-state index is 0.187. The number of hydrogen-bond acceptors (Lipinski definition) is 11. The highest BCUT2D eigenvalue weighted by Crippen LogP contribution is 2.33. The number of aliphatic hydroxyl groups is 2. The van der Waals surface area contributed by atoms with Gasteiger partial charge < -0.3 is 42.2 Å². The lowest BCUT2D eigenvalue weighted by molar-refractivity contribution is -0.138. The first-order chi connectivity index (χ1) is 15.2.